The van der Waals surface area contributed by atoms with Crippen molar-refractivity contribution in [3.8, 4) is 11.5 Å². The maximum Gasteiger partial charge on any atom is 0.346 e. The number of nitrogens with one attached hydrogen (secondary N) is 1. The van der Waals surface area contributed by atoms with Crippen LogP contribution in [0.15, 0.2) is 77.9 Å². The number of hydrazone groups is 1. The van der Waals surface area contributed by atoms with E-state index >= 15 is 0 Å². The predicted molar refractivity (Wildman–Crippen MR) is 110 cm³/mol. The number of carbonyl (C=O) groups excluding carboxylic acids is 2. The first-order valence-corrected chi connectivity index (χ1v) is 9.09. The lowest BCUT2D eigenvalue weighted by Gasteiger charge is -2.06. The molecule has 1 N–H and O–H groups in total. The number of carbonyl (C=O) groups is 2. The van der Waals surface area contributed by atoms with E-state index in [1.165, 1.54) is 24.4 Å². The van der Waals surface area contributed by atoms with Crippen LogP contribution >= 0.6 is 0 Å². The van der Waals surface area contributed by atoms with Crippen molar-refractivity contribution < 1.29 is 23.5 Å². The molecule has 6 nitrogen and oxygen atoms in total. The Kier molecular flexibility index (Phi) is 6.89. The van der Waals surface area contributed by atoms with Gasteiger partial charge in [-0.25, -0.2) is 14.6 Å². The van der Waals surface area contributed by atoms with Gasteiger partial charge in [-0.2, -0.15) is 5.10 Å². The van der Waals surface area contributed by atoms with Crippen molar-refractivity contribution in [2.45, 2.75) is 6.92 Å². The number of halogens is 1. The summed E-state index contributed by atoms with van der Waals surface area (Å²) in [6.07, 6.45) is 1.44. The lowest BCUT2D eigenvalue weighted by atomic mass is 10.2. The van der Waals surface area contributed by atoms with E-state index in [9.17, 15) is 14.0 Å². The second-order valence-electron chi connectivity index (χ2n) is 6.33. The van der Waals surface area contributed by atoms with Gasteiger partial charge >= 0.3 is 5.97 Å². The first-order chi connectivity index (χ1) is 14.5. The van der Waals surface area contributed by atoms with Gasteiger partial charge in [0.05, 0.1) is 11.8 Å². The van der Waals surface area contributed by atoms with Gasteiger partial charge in [0.2, 0.25) is 0 Å². The Morgan fingerprint density at radius 2 is 1.63 bits per heavy atom. The molecular weight excluding hydrogens is 387 g/mol. The lowest BCUT2D eigenvalue weighted by Crippen LogP contribution is -2.24. The Bertz CT molecular complexity index is 1050. The van der Waals surface area contributed by atoms with Gasteiger partial charge in [-0.3, -0.25) is 4.79 Å². The van der Waals surface area contributed by atoms with Crippen LogP contribution in [0.1, 0.15) is 21.5 Å². The van der Waals surface area contributed by atoms with Crippen LogP contribution < -0.4 is 14.9 Å². The highest BCUT2D eigenvalue weighted by Crippen LogP contribution is 2.15. The van der Waals surface area contributed by atoms with Gasteiger partial charge in [-0.05, 0) is 61.0 Å². The fraction of sp³-hybridized carbons (Fsp3) is 0.0870. The number of benzene rings is 3. The molecule has 0 fully saturated rings. The zero-order valence-corrected chi connectivity index (χ0v) is 16.2. The molecule has 0 unspecified atom stereocenters. The number of hydrogen-bond donors (Lipinski definition) is 1. The van der Waals surface area contributed by atoms with E-state index in [2.05, 4.69) is 10.5 Å². The summed E-state index contributed by atoms with van der Waals surface area (Å²) in [4.78, 5) is 23.8. The van der Waals surface area contributed by atoms with E-state index in [-0.39, 0.29) is 17.9 Å². The third-order valence-electron chi connectivity index (χ3n) is 3.98. The molecule has 0 bridgehead atoms. The number of aryl methyl sites for hydroxylation is 1. The molecule has 3 rings (SSSR count). The Balaban J connectivity index is 1.47. The third-order valence-corrected chi connectivity index (χ3v) is 3.98. The zero-order chi connectivity index (χ0) is 21.3. The molecule has 30 heavy (non-hydrogen) atoms. The minimum atomic E-state index is -0.782. The summed E-state index contributed by atoms with van der Waals surface area (Å²) in [5.74, 6) is -0.970. The highest BCUT2D eigenvalue weighted by Gasteiger charge is 2.13. The number of rotatable bonds is 7. The van der Waals surface area contributed by atoms with Crippen LogP contribution in [0.2, 0.25) is 0 Å². The van der Waals surface area contributed by atoms with Gasteiger partial charge in [0.25, 0.3) is 5.91 Å². The van der Waals surface area contributed by atoms with Crippen LogP contribution in [-0.2, 0) is 4.79 Å². The van der Waals surface area contributed by atoms with Crippen LogP contribution in [0.25, 0.3) is 0 Å². The molecule has 152 valence electrons. The van der Waals surface area contributed by atoms with Crippen LogP contribution in [0.3, 0.4) is 0 Å². The van der Waals surface area contributed by atoms with Crippen molar-refractivity contribution in [1.82, 2.24) is 5.43 Å². The van der Waals surface area contributed by atoms with Crippen LogP contribution in [0.4, 0.5) is 4.39 Å². The quantitative estimate of drug-likeness (QED) is 0.280. The molecule has 0 aliphatic heterocycles. The molecular formula is C23H19FN2O4. The molecule has 0 spiro atoms. The average molecular weight is 406 g/mol. The summed E-state index contributed by atoms with van der Waals surface area (Å²) >= 11 is 0. The van der Waals surface area contributed by atoms with Gasteiger partial charge in [-0.15, -0.1) is 0 Å². The Morgan fingerprint density at radius 1 is 0.967 bits per heavy atom. The molecule has 3 aromatic rings. The average Bonchev–Trinajstić information content (AvgIpc) is 2.75. The Hall–Kier alpha value is -4.00. The predicted octanol–water partition coefficient (Wildman–Crippen LogP) is 3.88. The first kappa shape index (κ1) is 20.7. The maximum absolute atomic E-state index is 13.6. The number of hydrogen-bond acceptors (Lipinski definition) is 5. The van der Waals surface area contributed by atoms with Gasteiger partial charge in [0, 0.05) is 0 Å². The molecule has 0 saturated heterocycles. The van der Waals surface area contributed by atoms with Crippen molar-refractivity contribution in [3.63, 3.8) is 0 Å². The van der Waals surface area contributed by atoms with E-state index in [0.717, 1.165) is 5.56 Å². The standard InChI is InChI=1S/C23H19FN2O4/c1-16-6-10-18(11-7-16)29-15-22(27)26-25-14-17-8-12-19(13-9-17)30-23(28)20-4-2-3-5-21(20)24/h2-14H,15H2,1H3,(H,26,27)/b25-14+. The third kappa shape index (κ3) is 6.00. The number of nitrogens with zero attached hydrogens (tertiary/aromatic N) is 1. The summed E-state index contributed by atoms with van der Waals surface area (Å²) in [6.45, 7) is 1.80. The summed E-state index contributed by atoms with van der Waals surface area (Å²) in [5.41, 5.74) is 3.99. The minimum absolute atomic E-state index is 0.140. The molecule has 0 aliphatic carbocycles. The number of ether oxygens (including phenoxy) is 2. The van der Waals surface area contributed by atoms with Gasteiger partial charge in [0.1, 0.15) is 17.3 Å². The van der Waals surface area contributed by atoms with Crippen molar-refractivity contribution in [1.29, 1.82) is 0 Å². The van der Waals surface area contributed by atoms with Crippen molar-refractivity contribution in [2.24, 2.45) is 5.10 Å². The fourth-order valence-corrected chi connectivity index (χ4v) is 2.41. The van der Waals surface area contributed by atoms with Gasteiger partial charge in [0.15, 0.2) is 6.61 Å². The zero-order valence-electron chi connectivity index (χ0n) is 16.2. The molecule has 0 heterocycles. The summed E-state index contributed by atoms with van der Waals surface area (Å²) in [6, 6.07) is 19.3. The SMILES string of the molecule is Cc1ccc(OCC(=O)N/N=C/c2ccc(OC(=O)c3ccccc3F)cc2)cc1. The molecule has 3 aromatic carbocycles. The second-order valence-corrected chi connectivity index (χ2v) is 6.33. The normalized spacial score (nSPS) is 10.6. The van der Waals surface area contributed by atoms with E-state index in [0.29, 0.717) is 11.3 Å². The highest BCUT2D eigenvalue weighted by molar-refractivity contribution is 5.91. The van der Waals surface area contributed by atoms with E-state index < -0.39 is 17.7 Å². The number of amides is 1. The van der Waals surface area contributed by atoms with E-state index in [4.69, 9.17) is 9.47 Å². The first-order valence-electron chi connectivity index (χ1n) is 9.09. The second kappa shape index (κ2) is 9.97. The molecule has 7 heteroatoms. The summed E-state index contributed by atoms with van der Waals surface area (Å²) in [7, 11) is 0. The van der Waals surface area contributed by atoms with Gasteiger partial charge in [-0.1, -0.05) is 29.8 Å². The maximum atomic E-state index is 13.6. The molecule has 0 atom stereocenters. The number of esters is 1. The van der Waals surface area contributed by atoms with E-state index in [1.807, 2.05) is 19.1 Å². The molecule has 0 radical (unpaired) electrons. The topological polar surface area (TPSA) is 77.0 Å². The molecule has 0 saturated carbocycles. The Morgan fingerprint density at radius 3 is 2.33 bits per heavy atom. The Labute approximate surface area is 173 Å². The summed E-state index contributed by atoms with van der Waals surface area (Å²) in [5, 5.41) is 3.86. The molecule has 0 aliphatic rings. The molecule has 1 amide bonds. The lowest BCUT2D eigenvalue weighted by molar-refractivity contribution is -0.123. The van der Waals surface area contributed by atoms with Crippen molar-refractivity contribution >= 4 is 18.1 Å². The summed E-state index contributed by atoms with van der Waals surface area (Å²) < 4.78 is 24.1. The smallest absolute Gasteiger partial charge is 0.346 e. The van der Waals surface area contributed by atoms with Crippen LogP contribution in [-0.4, -0.2) is 24.7 Å². The van der Waals surface area contributed by atoms with E-state index in [1.54, 1.807) is 42.5 Å². The van der Waals surface area contributed by atoms with Gasteiger partial charge < -0.3 is 9.47 Å². The van der Waals surface area contributed by atoms with Crippen LogP contribution in [0.5, 0.6) is 11.5 Å². The fourth-order valence-electron chi connectivity index (χ4n) is 2.41. The van der Waals surface area contributed by atoms with Crippen molar-refractivity contribution in [2.75, 3.05) is 6.61 Å². The molecule has 0 aromatic heterocycles. The minimum Gasteiger partial charge on any atom is -0.484 e. The highest BCUT2D eigenvalue weighted by atomic mass is 19.1. The van der Waals surface area contributed by atoms with Crippen molar-refractivity contribution in [3.05, 3.63) is 95.3 Å². The largest absolute Gasteiger partial charge is 0.484 e. The monoisotopic (exact) mass is 406 g/mol. The van der Waals surface area contributed by atoms with Crippen LogP contribution in [0, 0.1) is 12.7 Å².